The lowest BCUT2D eigenvalue weighted by molar-refractivity contribution is -0.128. The van der Waals surface area contributed by atoms with Crippen LogP contribution in [0.15, 0.2) is 24.3 Å². The summed E-state index contributed by atoms with van der Waals surface area (Å²) in [6.45, 7) is 0.986. The Morgan fingerprint density at radius 2 is 2.17 bits per heavy atom. The number of methoxy groups -OCH3 is 2. The third-order valence-corrected chi connectivity index (χ3v) is 3.12. The second kappa shape index (κ2) is 5.84. The van der Waals surface area contributed by atoms with Crippen molar-refractivity contribution in [3.05, 3.63) is 29.8 Å². The van der Waals surface area contributed by atoms with E-state index in [0.717, 1.165) is 11.3 Å². The lowest BCUT2D eigenvalue weighted by Gasteiger charge is -2.16. The summed E-state index contributed by atoms with van der Waals surface area (Å²) in [6.07, 6.45) is -0.404. The van der Waals surface area contributed by atoms with Gasteiger partial charge in [-0.25, -0.2) is 0 Å². The first-order chi connectivity index (χ1) is 8.76. The molecule has 1 unspecified atom stereocenters. The van der Waals surface area contributed by atoms with Crippen LogP contribution in [0.4, 0.5) is 5.69 Å². The molecule has 98 valence electrons. The summed E-state index contributed by atoms with van der Waals surface area (Å²) in [5.41, 5.74) is 2.08. The molecule has 0 saturated carbocycles. The number of carbonyl (C=O) groups excluding carboxylic acids is 1. The number of hydrogen-bond acceptors (Lipinski definition) is 4. The van der Waals surface area contributed by atoms with Gasteiger partial charge in [0, 0.05) is 26.5 Å². The van der Waals surface area contributed by atoms with Crippen LogP contribution in [0.2, 0.25) is 0 Å². The summed E-state index contributed by atoms with van der Waals surface area (Å²) in [6, 6.07) is 7.86. The van der Waals surface area contributed by atoms with Crippen LogP contribution in [0.5, 0.6) is 0 Å². The largest absolute Gasteiger partial charge is 0.384 e. The number of nitrogens with one attached hydrogen (secondary N) is 2. The SMILES string of the molecule is COC(CNC(=O)C1CNc2ccccc21)OC. The van der Waals surface area contributed by atoms with Crippen LogP contribution in [0.1, 0.15) is 11.5 Å². The molecule has 0 bridgehead atoms. The molecule has 2 N–H and O–H groups in total. The fourth-order valence-electron chi connectivity index (χ4n) is 2.09. The summed E-state index contributed by atoms with van der Waals surface area (Å²) in [5.74, 6) is -0.151. The molecule has 1 aliphatic heterocycles. The molecule has 5 heteroatoms. The smallest absolute Gasteiger partial charge is 0.229 e. The summed E-state index contributed by atoms with van der Waals surface area (Å²) in [4.78, 5) is 12.1. The Kier molecular flexibility index (Phi) is 4.17. The van der Waals surface area contributed by atoms with Crippen molar-refractivity contribution in [2.75, 3.05) is 32.6 Å². The number of benzene rings is 1. The summed E-state index contributed by atoms with van der Waals surface area (Å²) in [7, 11) is 3.10. The first kappa shape index (κ1) is 12.9. The van der Waals surface area contributed by atoms with E-state index in [9.17, 15) is 4.79 Å². The normalized spacial score (nSPS) is 17.4. The van der Waals surface area contributed by atoms with Gasteiger partial charge in [-0.15, -0.1) is 0 Å². The molecule has 0 spiro atoms. The molecular formula is C13H18N2O3. The van der Waals surface area contributed by atoms with Crippen molar-refractivity contribution in [1.29, 1.82) is 0 Å². The summed E-state index contributed by atoms with van der Waals surface area (Å²) >= 11 is 0. The maximum Gasteiger partial charge on any atom is 0.229 e. The average molecular weight is 250 g/mol. The Morgan fingerprint density at radius 3 is 2.89 bits per heavy atom. The molecule has 1 atom stereocenters. The van der Waals surface area contributed by atoms with E-state index in [1.165, 1.54) is 0 Å². The molecule has 1 aromatic rings. The van der Waals surface area contributed by atoms with Crippen molar-refractivity contribution in [2.24, 2.45) is 0 Å². The number of para-hydroxylation sites is 1. The predicted molar refractivity (Wildman–Crippen MR) is 68.5 cm³/mol. The molecule has 0 fully saturated rings. The van der Waals surface area contributed by atoms with Gasteiger partial charge < -0.3 is 20.1 Å². The van der Waals surface area contributed by atoms with Crippen LogP contribution in [0.25, 0.3) is 0 Å². The van der Waals surface area contributed by atoms with Crippen LogP contribution >= 0.6 is 0 Å². The molecule has 18 heavy (non-hydrogen) atoms. The molecule has 1 aliphatic rings. The second-order valence-electron chi connectivity index (χ2n) is 4.17. The number of carbonyl (C=O) groups is 1. The van der Waals surface area contributed by atoms with Crippen molar-refractivity contribution in [3.8, 4) is 0 Å². The van der Waals surface area contributed by atoms with Gasteiger partial charge in [-0.1, -0.05) is 18.2 Å². The molecular weight excluding hydrogens is 232 g/mol. The number of fused-ring (bicyclic) bond motifs is 1. The third-order valence-electron chi connectivity index (χ3n) is 3.12. The lowest BCUT2D eigenvalue weighted by Crippen LogP contribution is -2.37. The van der Waals surface area contributed by atoms with Crippen LogP contribution in [-0.4, -0.2) is 39.5 Å². The lowest BCUT2D eigenvalue weighted by atomic mass is 10.0. The number of anilines is 1. The number of rotatable bonds is 5. The van der Waals surface area contributed by atoms with E-state index in [4.69, 9.17) is 9.47 Å². The van der Waals surface area contributed by atoms with Gasteiger partial charge in [-0.3, -0.25) is 4.79 Å². The zero-order valence-corrected chi connectivity index (χ0v) is 10.6. The third kappa shape index (κ3) is 2.63. The minimum Gasteiger partial charge on any atom is -0.384 e. The van der Waals surface area contributed by atoms with Crippen LogP contribution in [-0.2, 0) is 14.3 Å². The molecule has 1 heterocycles. The van der Waals surface area contributed by atoms with E-state index in [-0.39, 0.29) is 11.8 Å². The van der Waals surface area contributed by atoms with E-state index in [2.05, 4.69) is 10.6 Å². The Balaban J connectivity index is 1.95. The zero-order valence-electron chi connectivity index (χ0n) is 10.6. The highest BCUT2D eigenvalue weighted by molar-refractivity contribution is 5.88. The van der Waals surface area contributed by atoms with Gasteiger partial charge in [-0.2, -0.15) is 0 Å². The van der Waals surface area contributed by atoms with E-state index in [0.29, 0.717) is 13.1 Å². The number of amides is 1. The molecule has 2 rings (SSSR count). The Bertz CT molecular complexity index is 418. The van der Waals surface area contributed by atoms with Crippen molar-refractivity contribution < 1.29 is 14.3 Å². The Morgan fingerprint density at radius 1 is 1.44 bits per heavy atom. The van der Waals surface area contributed by atoms with Crippen molar-refractivity contribution in [2.45, 2.75) is 12.2 Å². The highest BCUT2D eigenvalue weighted by Crippen LogP contribution is 2.30. The highest BCUT2D eigenvalue weighted by atomic mass is 16.7. The topological polar surface area (TPSA) is 59.6 Å². The molecule has 1 aromatic carbocycles. The van der Waals surface area contributed by atoms with Gasteiger partial charge in [0.05, 0.1) is 12.5 Å². The van der Waals surface area contributed by atoms with Crippen molar-refractivity contribution in [3.63, 3.8) is 0 Å². The van der Waals surface area contributed by atoms with Gasteiger partial charge in [0.25, 0.3) is 0 Å². The van der Waals surface area contributed by atoms with E-state index < -0.39 is 6.29 Å². The molecule has 0 aromatic heterocycles. The van der Waals surface area contributed by atoms with Crippen LogP contribution in [0.3, 0.4) is 0 Å². The fraction of sp³-hybridized carbons (Fsp3) is 0.462. The fourth-order valence-corrected chi connectivity index (χ4v) is 2.09. The standard InChI is InChI=1S/C13H18N2O3/c1-17-12(18-2)8-15-13(16)10-7-14-11-6-4-3-5-9(10)11/h3-6,10,12,14H,7-8H2,1-2H3,(H,15,16). The van der Waals surface area contributed by atoms with E-state index in [1.54, 1.807) is 14.2 Å². The number of ether oxygens (including phenoxy) is 2. The predicted octanol–water partition coefficient (Wildman–Crippen LogP) is 0.931. The minimum absolute atomic E-state index is 0.00782. The van der Waals surface area contributed by atoms with Gasteiger partial charge in [0.2, 0.25) is 5.91 Å². The maximum absolute atomic E-state index is 12.1. The van der Waals surface area contributed by atoms with Crippen molar-refractivity contribution in [1.82, 2.24) is 5.32 Å². The minimum atomic E-state index is -0.404. The maximum atomic E-state index is 12.1. The van der Waals surface area contributed by atoms with Crippen LogP contribution in [0, 0.1) is 0 Å². The number of hydrogen-bond donors (Lipinski definition) is 2. The first-order valence-electron chi connectivity index (χ1n) is 5.92. The second-order valence-corrected chi connectivity index (χ2v) is 4.17. The van der Waals surface area contributed by atoms with Gasteiger partial charge in [0.15, 0.2) is 6.29 Å². The average Bonchev–Trinajstić information content (AvgIpc) is 2.83. The highest BCUT2D eigenvalue weighted by Gasteiger charge is 2.28. The summed E-state index contributed by atoms with van der Waals surface area (Å²) < 4.78 is 10.1. The van der Waals surface area contributed by atoms with Gasteiger partial charge in [0.1, 0.15) is 0 Å². The molecule has 0 saturated heterocycles. The molecule has 1 amide bonds. The van der Waals surface area contributed by atoms with Crippen molar-refractivity contribution >= 4 is 11.6 Å². The Hall–Kier alpha value is -1.59. The molecule has 0 aliphatic carbocycles. The molecule has 5 nitrogen and oxygen atoms in total. The monoisotopic (exact) mass is 250 g/mol. The van der Waals surface area contributed by atoms with E-state index >= 15 is 0 Å². The Labute approximate surface area is 106 Å². The summed E-state index contributed by atoms with van der Waals surface area (Å²) in [5, 5.41) is 6.06. The molecule has 0 radical (unpaired) electrons. The van der Waals surface area contributed by atoms with Gasteiger partial charge >= 0.3 is 0 Å². The van der Waals surface area contributed by atoms with Crippen LogP contribution < -0.4 is 10.6 Å². The van der Waals surface area contributed by atoms with Gasteiger partial charge in [-0.05, 0) is 11.6 Å². The van der Waals surface area contributed by atoms with E-state index in [1.807, 2.05) is 24.3 Å². The quantitative estimate of drug-likeness (QED) is 0.763. The zero-order chi connectivity index (χ0) is 13.0. The first-order valence-corrected chi connectivity index (χ1v) is 5.92.